The van der Waals surface area contributed by atoms with Crippen LogP contribution in [0.4, 0.5) is 0 Å². The minimum Gasteiger partial charge on any atom is -0.387 e. The fourth-order valence-corrected chi connectivity index (χ4v) is 3.44. The second-order valence-corrected chi connectivity index (χ2v) is 6.68. The molecule has 0 saturated carbocycles. The summed E-state index contributed by atoms with van der Waals surface area (Å²) in [6.45, 7) is 0. The molecule has 0 aliphatic carbocycles. The fourth-order valence-electron chi connectivity index (χ4n) is 3.44. The number of rotatable bonds is 7. The van der Waals surface area contributed by atoms with Crippen LogP contribution < -0.4 is 0 Å². The van der Waals surface area contributed by atoms with Gasteiger partial charge in [0.05, 0.1) is 0 Å². The zero-order valence-corrected chi connectivity index (χ0v) is 15.1. The van der Waals surface area contributed by atoms with Gasteiger partial charge in [0.2, 0.25) is 0 Å². The fraction of sp³-hybridized carbons (Fsp3) is 0.174. The van der Waals surface area contributed by atoms with Crippen LogP contribution in [0.2, 0.25) is 0 Å². The lowest BCUT2D eigenvalue weighted by Gasteiger charge is -2.45. The first-order chi connectivity index (χ1) is 13.4. The summed E-state index contributed by atoms with van der Waals surface area (Å²) in [5.74, 6) is 0. The average molecular weight is 378 g/mol. The Morgan fingerprint density at radius 2 is 1.11 bits per heavy atom. The first kappa shape index (κ1) is 19.9. The van der Waals surface area contributed by atoms with E-state index in [0.717, 1.165) is 0 Å². The molecule has 0 aliphatic rings. The third kappa shape index (κ3) is 3.25. The molecule has 0 fully saturated rings. The molecule has 0 bridgehead atoms. The van der Waals surface area contributed by atoms with E-state index in [0.29, 0.717) is 5.56 Å². The molecule has 0 radical (unpaired) electrons. The maximum absolute atomic E-state index is 12.1. The van der Waals surface area contributed by atoms with Gasteiger partial charge in [0.25, 0.3) is 0 Å². The van der Waals surface area contributed by atoms with Crippen molar-refractivity contribution in [1.29, 1.82) is 0 Å². The van der Waals surface area contributed by atoms with Gasteiger partial charge in [0.1, 0.15) is 12.2 Å². The summed E-state index contributed by atoms with van der Waals surface area (Å²) >= 11 is 0. The molecule has 0 heterocycles. The SMILES string of the molecule is O=C[C@@](O)(c1ccccc1)[C@@](O)(c1ccccc1)[C@H](O)C(O)c1ccccc1. The van der Waals surface area contributed by atoms with Crippen molar-refractivity contribution >= 4 is 6.29 Å². The highest BCUT2D eigenvalue weighted by Gasteiger charge is 2.58. The quantitative estimate of drug-likeness (QED) is 0.472. The molecule has 0 spiro atoms. The van der Waals surface area contributed by atoms with Gasteiger partial charge in [-0.2, -0.15) is 0 Å². The van der Waals surface area contributed by atoms with E-state index in [-0.39, 0.29) is 17.4 Å². The van der Waals surface area contributed by atoms with Gasteiger partial charge in [-0.1, -0.05) is 91.0 Å². The van der Waals surface area contributed by atoms with Gasteiger partial charge in [-0.3, -0.25) is 4.79 Å². The molecule has 4 N–H and O–H groups in total. The zero-order valence-electron chi connectivity index (χ0n) is 15.1. The van der Waals surface area contributed by atoms with E-state index in [1.165, 1.54) is 24.3 Å². The molecule has 144 valence electrons. The number of aldehydes is 1. The summed E-state index contributed by atoms with van der Waals surface area (Å²) in [5, 5.41) is 44.8. The largest absolute Gasteiger partial charge is 0.387 e. The average Bonchev–Trinajstić information content (AvgIpc) is 2.78. The van der Waals surface area contributed by atoms with Crippen LogP contribution >= 0.6 is 0 Å². The Kier molecular flexibility index (Phi) is 5.72. The Balaban J connectivity index is 2.20. The minimum atomic E-state index is -2.52. The molecule has 3 aromatic rings. The molecule has 5 heteroatoms. The van der Waals surface area contributed by atoms with Gasteiger partial charge >= 0.3 is 0 Å². The van der Waals surface area contributed by atoms with Gasteiger partial charge in [-0.05, 0) is 16.7 Å². The standard InChI is InChI=1S/C23H22O5/c24-16-22(27,18-12-6-2-7-13-18)23(28,19-14-8-3-9-15-19)21(26)20(25)17-10-4-1-5-11-17/h1-16,20-21,25-28H/t20?,21-,22-,23-/m1/s1. The molecule has 1 unspecified atom stereocenters. The maximum Gasteiger partial charge on any atom is 0.180 e. The van der Waals surface area contributed by atoms with Gasteiger partial charge in [0.15, 0.2) is 17.5 Å². The summed E-state index contributed by atoms with van der Waals surface area (Å²) in [6.07, 6.45) is -3.27. The number of hydrogen-bond donors (Lipinski definition) is 4. The first-order valence-electron chi connectivity index (χ1n) is 8.88. The van der Waals surface area contributed by atoms with Crippen LogP contribution in [0.15, 0.2) is 91.0 Å². The molecule has 0 amide bonds. The summed E-state index contributed by atoms with van der Waals surface area (Å²) in [5.41, 5.74) is -4.51. The Labute approximate surface area is 163 Å². The van der Waals surface area contributed by atoms with Crippen molar-refractivity contribution < 1.29 is 25.2 Å². The lowest BCUT2D eigenvalue weighted by Crippen LogP contribution is -2.59. The van der Waals surface area contributed by atoms with E-state index in [4.69, 9.17) is 0 Å². The van der Waals surface area contributed by atoms with Crippen molar-refractivity contribution in [3.05, 3.63) is 108 Å². The second kappa shape index (κ2) is 8.04. The highest BCUT2D eigenvalue weighted by atomic mass is 16.4. The molecule has 3 aromatic carbocycles. The third-order valence-electron chi connectivity index (χ3n) is 5.05. The number of carbonyl (C=O) groups excluding carboxylic acids is 1. The molecule has 28 heavy (non-hydrogen) atoms. The Bertz CT molecular complexity index is 900. The van der Waals surface area contributed by atoms with Crippen LogP contribution in [0, 0.1) is 0 Å². The van der Waals surface area contributed by atoms with E-state index < -0.39 is 23.4 Å². The minimum absolute atomic E-state index is 0.0932. The lowest BCUT2D eigenvalue weighted by atomic mass is 9.69. The van der Waals surface area contributed by atoms with Crippen LogP contribution in [0.1, 0.15) is 22.8 Å². The van der Waals surface area contributed by atoms with Crippen molar-refractivity contribution in [3.8, 4) is 0 Å². The number of benzene rings is 3. The Hall–Kier alpha value is -2.83. The summed E-state index contributed by atoms with van der Waals surface area (Å²) in [4.78, 5) is 12.1. The van der Waals surface area contributed by atoms with E-state index >= 15 is 0 Å². The number of carbonyl (C=O) groups is 1. The van der Waals surface area contributed by atoms with Gasteiger partial charge < -0.3 is 20.4 Å². The summed E-state index contributed by atoms with van der Waals surface area (Å²) in [7, 11) is 0. The Morgan fingerprint density at radius 1 is 0.679 bits per heavy atom. The smallest absolute Gasteiger partial charge is 0.180 e. The number of aliphatic hydroxyl groups excluding tert-OH is 2. The number of aliphatic hydroxyl groups is 4. The van der Waals surface area contributed by atoms with Gasteiger partial charge in [-0.25, -0.2) is 0 Å². The van der Waals surface area contributed by atoms with Crippen molar-refractivity contribution in [2.45, 2.75) is 23.4 Å². The van der Waals surface area contributed by atoms with Crippen molar-refractivity contribution in [1.82, 2.24) is 0 Å². The Morgan fingerprint density at radius 3 is 1.57 bits per heavy atom. The molecule has 5 nitrogen and oxygen atoms in total. The zero-order chi connectivity index (χ0) is 20.2. The van der Waals surface area contributed by atoms with Crippen LogP contribution in [-0.2, 0) is 16.0 Å². The summed E-state index contributed by atoms with van der Waals surface area (Å²) < 4.78 is 0. The highest BCUT2D eigenvalue weighted by molar-refractivity contribution is 5.69. The molecular formula is C23H22O5. The molecule has 0 saturated heterocycles. The maximum atomic E-state index is 12.1. The molecule has 4 atom stereocenters. The van der Waals surface area contributed by atoms with Gasteiger partial charge in [-0.15, -0.1) is 0 Å². The van der Waals surface area contributed by atoms with Crippen molar-refractivity contribution in [3.63, 3.8) is 0 Å². The highest BCUT2D eigenvalue weighted by Crippen LogP contribution is 2.45. The third-order valence-corrected chi connectivity index (χ3v) is 5.05. The second-order valence-electron chi connectivity index (χ2n) is 6.68. The van der Waals surface area contributed by atoms with Crippen molar-refractivity contribution in [2.24, 2.45) is 0 Å². The van der Waals surface area contributed by atoms with E-state index in [1.807, 2.05) is 0 Å². The predicted octanol–water partition coefficient (Wildman–Crippen LogP) is 2.06. The van der Waals surface area contributed by atoms with Crippen LogP contribution in [0.3, 0.4) is 0 Å². The van der Waals surface area contributed by atoms with E-state index in [2.05, 4.69) is 0 Å². The topological polar surface area (TPSA) is 98.0 Å². The lowest BCUT2D eigenvalue weighted by molar-refractivity contribution is -0.226. The predicted molar refractivity (Wildman–Crippen MR) is 104 cm³/mol. The number of hydrogen-bond acceptors (Lipinski definition) is 5. The normalized spacial score (nSPS) is 17.7. The van der Waals surface area contributed by atoms with Crippen molar-refractivity contribution in [2.75, 3.05) is 0 Å². The van der Waals surface area contributed by atoms with Crippen LogP contribution in [-0.4, -0.2) is 32.8 Å². The van der Waals surface area contributed by atoms with Crippen LogP contribution in [0.25, 0.3) is 0 Å². The monoisotopic (exact) mass is 378 g/mol. The first-order valence-corrected chi connectivity index (χ1v) is 8.88. The summed E-state index contributed by atoms with van der Waals surface area (Å²) in [6, 6.07) is 24.0. The van der Waals surface area contributed by atoms with Crippen LogP contribution in [0.5, 0.6) is 0 Å². The molecule has 0 aliphatic heterocycles. The van der Waals surface area contributed by atoms with Gasteiger partial charge in [0, 0.05) is 0 Å². The van der Waals surface area contributed by atoms with E-state index in [1.54, 1.807) is 66.7 Å². The molecule has 3 rings (SSSR count). The molecule has 0 aromatic heterocycles. The molecular weight excluding hydrogens is 356 g/mol. The van der Waals surface area contributed by atoms with E-state index in [9.17, 15) is 25.2 Å².